The summed E-state index contributed by atoms with van der Waals surface area (Å²) in [5, 5.41) is 11.1. The fourth-order valence-corrected chi connectivity index (χ4v) is 3.86. The highest BCUT2D eigenvalue weighted by Crippen LogP contribution is 2.38. The standard InChI is InChI=1S/C25H31N3O4/c1-5-27(6-2)15-16-28-22(20-9-7-8-14-26-20)21(24(30)25(28)31)23(29)18-10-12-19(13-11-18)32-17(3)4/h7-14,17,22,29H,5-6,15-16H2,1-4H3/b23-21+/t22-/m1/s1. The van der Waals surface area contributed by atoms with Crippen LogP contribution in [0.3, 0.4) is 0 Å². The molecule has 1 saturated heterocycles. The Hall–Kier alpha value is -3.19. The Morgan fingerprint density at radius 1 is 1.12 bits per heavy atom. The zero-order valence-corrected chi connectivity index (χ0v) is 19.1. The third kappa shape index (κ3) is 4.99. The number of rotatable bonds is 9. The van der Waals surface area contributed by atoms with Crippen molar-refractivity contribution in [2.45, 2.75) is 39.8 Å². The Morgan fingerprint density at radius 2 is 1.81 bits per heavy atom. The lowest BCUT2D eigenvalue weighted by molar-refractivity contribution is -0.140. The van der Waals surface area contributed by atoms with Crippen molar-refractivity contribution in [2.24, 2.45) is 0 Å². The number of likely N-dealkylation sites (N-methyl/N-ethyl adjacent to an activating group) is 1. The Bertz CT molecular complexity index is 966. The van der Waals surface area contributed by atoms with Crippen LogP contribution in [0.4, 0.5) is 0 Å². The Kier molecular flexibility index (Phi) is 7.64. The number of ether oxygens (including phenoxy) is 1. The molecule has 0 radical (unpaired) electrons. The van der Waals surface area contributed by atoms with E-state index in [0.29, 0.717) is 30.1 Å². The number of Topliss-reactive ketones (excluding diaryl/α,β-unsaturated/α-hetero) is 1. The van der Waals surface area contributed by atoms with Crippen LogP contribution in [0.15, 0.2) is 54.2 Å². The summed E-state index contributed by atoms with van der Waals surface area (Å²) in [4.78, 5) is 34.1. The first-order valence-corrected chi connectivity index (χ1v) is 11.1. The van der Waals surface area contributed by atoms with Gasteiger partial charge in [0.05, 0.1) is 17.4 Å². The normalized spacial score (nSPS) is 18.1. The molecule has 32 heavy (non-hydrogen) atoms. The second-order valence-electron chi connectivity index (χ2n) is 7.96. The number of benzene rings is 1. The van der Waals surface area contributed by atoms with Crippen molar-refractivity contribution in [3.05, 3.63) is 65.5 Å². The topological polar surface area (TPSA) is 83.0 Å². The monoisotopic (exact) mass is 437 g/mol. The molecule has 1 atom stereocenters. The molecule has 7 nitrogen and oxygen atoms in total. The second-order valence-corrected chi connectivity index (χ2v) is 7.96. The van der Waals surface area contributed by atoms with E-state index in [0.717, 1.165) is 13.1 Å². The van der Waals surface area contributed by atoms with E-state index in [-0.39, 0.29) is 17.4 Å². The van der Waals surface area contributed by atoms with Gasteiger partial charge in [0.1, 0.15) is 17.6 Å². The van der Waals surface area contributed by atoms with Crippen molar-refractivity contribution in [1.82, 2.24) is 14.8 Å². The van der Waals surface area contributed by atoms with E-state index in [4.69, 9.17) is 4.74 Å². The summed E-state index contributed by atoms with van der Waals surface area (Å²) in [7, 11) is 0. The van der Waals surface area contributed by atoms with Crippen LogP contribution < -0.4 is 4.74 Å². The van der Waals surface area contributed by atoms with Crippen LogP contribution in [0.2, 0.25) is 0 Å². The highest BCUT2D eigenvalue weighted by Gasteiger charge is 2.46. The number of pyridine rings is 1. The molecule has 0 saturated carbocycles. The minimum atomic E-state index is -0.738. The molecule has 3 rings (SSSR count). The van der Waals surface area contributed by atoms with E-state index in [2.05, 4.69) is 23.7 Å². The molecular formula is C25H31N3O4. The van der Waals surface area contributed by atoms with Crippen LogP contribution in [0.1, 0.15) is 45.0 Å². The van der Waals surface area contributed by atoms with Crippen molar-refractivity contribution in [2.75, 3.05) is 26.2 Å². The van der Waals surface area contributed by atoms with Gasteiger partial charge in [-0.1, -0.05) is 19.9 Å². The number of ketones is 1. The van der Waals surface area contributed by atoms with Gasteiger partial charge in [-0.05, 0) is 63.3 Å². The van der Waals surface area contributed by atoms with Gasteiger partial charge in [0, 0.05) is 24.8 Å². The van der Waals surface area contributed by atoms with Crippen LogP contribution in [0.25, 0.3) is 5.76 Å². The highest BCUT2D eigenvalue weighted by atomic mass is 16.5. The minimum Gasteiger partial charge on any atom is -0.507 e. The number of nitrogens with zero attached hydrogens (tertiary/aromatic N) is 3. The number of carbonyl (C=O) groups excluding carboxylic acids is 2. The first-order valence-electron chi connectivity index (χ1n) is 11.1. The van der Waals surface area contributed by atoms with Gasteiger partial charge >= 0.3 is 0 Å². The average Bonchev–Trinajstić information content (AvgIpc) is 3.05. The number of carbonyl (C=O) groups is 2. The molecular weight excluding hydrogens is 406 g/mol. The van der Waals surface area contributed by atoms with Gasteiger partial charge < -0.3 is 19.6 Å². The summed E-state index contributed by atoms with van der Waals surface area (Å²) in [6.45, 7) is 10.7. The largest absolute Gasteiger partial charge is 0.507 e. The number of aromatic nitrogens is 1. The van der Waals surface area contributed by atoms with Gasteiger partial charge in [-0.15, -0.1) is 0 Å². The summed E-state index contributed by atoms with van der Waals surface area (Å²) in [6, 6.07) is 11.5. The van der Waals surface area contributed by atoms with Gasteiger partial charge in [0.15, 0.2) is 0 Å². The van der Waals surface area contributed by atoms with Crippen LogP contribution in [0.5, 0.6) is 5.75 Å². The van der Waals surface area contributed by atoms with Gasteiger partial charge in [-0.25, -0.2) is 0 Å². The van der Waals surface area contributed by atoms with E-state index in [1.807, 2.05) is 19.9 Å². The van der Waals surface area contributed by atoms with Gasteiger partial charge in [-0.2, -0.15) is 0 Å². The van der Waals surface area contributed by atoms with Crippen LogP contribution in [-0.4, -0.2) is 63.9 Å². The molecule has 1 amide bonds. The summed E-state index contributed by atoms with van der Waals surface area (Å²) < 4.78 is 5.65. The van der Waals surface area contributed by atoms with Gasteiger partial charge in [0.2, 0.25) is 0 Å². The van der Waals surface area contributed by atoms with E-state index in [9.17, 15) is 14.7 Å². The first kappa shape index (κ1) is 23.5. The lowest BCUT2D eigenvalue weighted by Crippen LogP contribution is -2.38. The van der Waals surface area contributed by atoms with Crippen molar-refractivity contribution in [3.63, 3.8) is 0 Å². The summed E-state index contributed by atoms with van der Waals surface area (Å²) in [6.07, 6.45) is 1.65. The maximum absolute atomic E-state index is 13.0. The number of aliphatic hydroxyl groups excluding tert-OH is 1. The summed E-state index contributed by atoms with van der Waals surface area (Å²) >= 11 is 0. The second kappa shape index (κ2) is 10.4. The SMILES string of the molecule is CCN(CC)CCN1C(=O)C(=O)/C(=C(/O)c2ccc(OC(C)C)cc2)[C@H]1c1ccccn1. The smallest absolute Gasteiger partial charge is 0.295 e. The molecule has 1 aliphatic rings. The van der Waals surface area contributed by atoms with Crippen molar-refractivity contribution in [3.8, 4) is 5.75 Å². The lowest BCUT2D eigenvalue weighted by Gasteiger charge is -2.27. The van der Waals surface area contributed by atoms with Gasteiger partial charge in [0.25, 0.3) is 11.7 Å². The van der Waals surface area contributed by atoms with Gasteiger partial charge in [-0.3, -0.25) is 14.6 Å². The molecule has 0 aliphatic carbocycles. The molecule has 0 spiro atoms. The zero-order chi connectivity index (χ0) is 23.3. The molecule has 1 aliphatic heterocycles. The summed E-state index contributed by atoms with van der Waals surface area (Å²) in [5.41, 5.74) is 1.06. The van der Waals surface area contributed by atoms with Crippen LogP contribution in [0, 0.1) is 0 Å². The van der Waals surface area contributed by atoms with E-state index >= 15 is 0 Å². The molecule has 1 aromatic heterocycles. The first-order chi connectivity index (χ1) is 15.4. The number of amides is 1. The van der Waals surface area contributed by atoms with Crippen molar-refractivity contribution >= 4 is 17.4 Å². The minimum absolute atomic E-state index is 0.0229. The fraction of sp³-hybridized carbons (Fsp3) is 0.400. The predicted octanol–water partition coefficient (Wildman–Crippen LogP) is 3.63. The van der Waals surface area contributed by atoms with Crippen molar-refractivity contribution in [1.29, 1.82) is 0 Å². The van der Waals surface area contributed by atoms with E-state index in [1.165, 1.54) is 4.90 Å². The maximum Gasteiger partial charge on any atom is 0.295 e. The molecule has 2 heterocycles. The molecule has 170 valence electrons. The summed E-state index contributed by atoms with van der Waals surface area (Å²) in [5.74, 6) is -0.854. The number of likely N-dealkylation sites (tertiary alicyclic amines) is 1. The van der Waals surface area contributed by atoms with Crippen LogP contribution >= 0.6 is 0 Å². The maximum atomic E-state index is 13.0. The molecule has 0 unspecified atom stereocenters. The number of hydrogen-bond acceptors (Lipinski definition) is 6. The zero-order valence-electron chi connectivity index (χ0n) is 19.1. The van der Waals surface area contributed by atoms with Crippen LogP contribution in [-0.2, 0) is 9.59 Å². The highest BCUT2D eigenvalue weighted by molar-refractivity contribution is 6.46. The average molecular weight is 438 g/mol. The predicted molar refractivity (Wildman–Crippen MR) is 123 cm³/mol. The lowest BCUT2D eigenvalue weighted by atomic mass is 9.98. The molecule has 1 fully saturated rings. The molecule has 1 N–H and O–H groups in total. The molecule has 2 aromatic rings. The molecule has 1 aromatic carbocycles. The van der Waals surface area contributed by atoms with E-state index in [1.54, 1.807) is 42.6 Å². The number of aliphatic hydroxyl groups is 1. The van der Waals surface area contributed by atoms with Crippen molar-refractivity contribution < 1.29 is 19.4 Å². The third-order valence-corrected chi connectivity index (χ3v) is 5.56. The Morgan fingerprint density at radius 3 is 2.38 bits per heavy atom. The quantitative estimate of drug-likeness (QED) is 0.366. The Labute approximate surface area is 189 Å². The molecule has 0 bridgehead atoms. The van der Waals surface area contributed by atoms with E-state index < -0.39 is 17.7 Å². The Balaban J connectivity index is 2.02. The third-order valence-electron chi connectivity index (χ3n) is 5.56. The fourth-order valence-electron chi connectivity index (χ4n) is 3.86. The number of hydrogen-bond donors (Lipinski definition) is 1. The molecule has 7 heteroatoms.